The quantitative estimate of drug-likeness (QED) is 0.473. The fourth-order valence-corrected chi connectivity index (χ4v) is 1.92. The molecule has 0 aliphatic rings. The molecule has 0 aliphatic carbocycles. The Hall–Kier alpha value is -0.0962. The Morgan fingerprint density at radius 1 is 1.83 bits per heavy atom. The Morgan fingerprint density at radius 3 is 2.33 bits per heavy atom. The van der Waals surface area contributed by atoms with Crippen molar-refractivity contribution in [2.24, 2.45) is 0 Å². The van der Waals surface area contributed by atoms with Crippen molar-refractivity contribution in [2.75, 3.05) is 0 Å². The summed E-state index contributed by atoms with van der Waals surface area (Å²) in [6.07, 6.45) is 0. The van der Waals surface area contributed by atoms with Crippen molar-refractivity contribution in [3.05, 3.63) is 0 Å². The molecule has 0 atom stereocenters. The molecule has 0 saturated heterocycles. The minimum atomic E-state index is -0.588. The molecule has 0 bridgehead atoms. The van der Waals surface area contributed by atoms with Gasteiger partial charge in [-0.2, -0.15) is 0 Å². The zero-order chi connectivity index (χ0) is 4.99. The zero-order valence-corrected chi connectivity index (χ0v) is 6.60. The lowest BCUT2D eigenvalue weighted by Gasteiger charge is -1.77. The summed E-state index contributed by atoms with van der Waals surface area (Å²) in [5.74, 6) is 0. The molecule has 0 radical (unpaired) electrons. The molecule has 4 heteroatoms. The van der Waals surface area contributed by atoms with Gasteiger partial charge in [-0.15, -0.1) is 0 Å². The summed E-state index contributed by atoms with van der Waals surface area (Å²) in [6, 6.07) is 0. The van der Waals surface area contributed by atoms with E-state index in [1.54, 1.807) is 0 Å². The van der Waals surface area contributed by atoms with Crippen molar-refractivity contribution in [3.63, 3.8) is 0 Å². The summed E-state index contributed by atoms with van der Waals surface area (Å²) < 4.78 is 0. The smallest absolute Gasteiger partial charge is 0.258 e. The van der Waals surface area contributed by atoms with Gasteiger partial charge in [-0.25, -0.2) is 0 Å². The lowest BCUT2D eigenvalue weighted by molar-refractivity contribution is 0.220. The van der Waals surface area contributed by atoms with E-state index in [0.717, 1.165) is 0 Å². The van der Waals surface area contributed by atoms with Crippen molar-refractivity contribution in [1.29, 1.82) is 0 Å². The first-order chi connectivity index (χ1) is 2.77. The highest BCUT2D eigenvalue weighted by Crippen LogP contribution is 1.58. The summed E-state index contributed by atoms with van der Waals surface area (Å²) in [5, 5.41) is 8.01. The number of hydrogen-bond acceptors (Lipinski definition) is 1. The van der Waals surface area contributed by atoms with E-state index in [4.69, 9.17) is 5.11 Å². The molecule has 0 aromatic rings. The van der Waals surface area contributed by atoms with Crippen LogP contribution in [0.5, 0.6) is 0 Å². The second kappa shape index (κ2) is 3.11. The van der Waals surface area contributed by atoms with Crippen molar-refractivity contribution in [1.82, 2.24) is 0 Å². The number of carbonyl (C=O) groups is 1. The number of hydrogen-bond donors (Lipinski definition) is 1. The van der Waals surface area contributed by atoms with Gasteiger partial charge in [0.05, 0.1) is 0 Å². The van der Waals surface area contributed by atoms with Gasteiger partial charge in [-0.3, -0.25) is 4.79 Å². The predicted octanol–water partition coefficient (Wildman–Crippen LogP) is -1.03. The van der Waals surface area contributed by atoms with Crippen LogP contribution in [0.4, 0.5) is 4.79 Å². The van der Waals surface area contributed by atoms with Crippen molar-refractivity contribution >= 4 is 23.7 Å². The Kier molecular flexibility index (Phi) is 3.06. The molecule has 2 nitrogen and oxygen atoms in total. The van der Waals surface area contributed by atoms with Crippen LogP contribution in [0.2, 0.25) is 6.55 Å². The molecule has 0 spiro atoms. The average Bonchev–Trinajstić information content (AvgIpc) is 1.35. The second-order valence-corrected chi connectivity index (χ2v) is 7.75. The third-order valence-electron chi connectivity index (χ3n) is 0.464. The highest BCUT2D eigenvalue weighted by Gasteiger charge is 1.89. The van der Waals surface area contributed by atoms with E-state index in [1.165, 1.54) is 0 Å². The Morgan fingerprint density at radius 2 is 2.33 bits per heavy atom. The molecule has 1 N–H and O–H groups in total. The van der Waals surface area contributed by atoms with Gasteiger partial charge >= 0.3 is 0 Å². The fraction of sp³-hybridized carbons (Fsp3) is 0.500. The highest BCUT2D eigenvalue weighted by molar-refractivity contribution is 7.14. The maximum atomic E-state index is 9.70. The first-order valence-corrected chi connectivity index (χ1v) is 8.11. The van der Waals surface area contributed by atoms with Crippen LogP contribution in [-0.4, -0.2) is 28.8 Å². The van der Waals surface area contributed by atoms with Crippen LogP contribution < -0.4 is 0 Å². The van der Waals surface area contributed by atoms with Crippen LogP contribution in [0, 0.1) is 0 Å². The molecular formula is C2H8O2Si2. The Balaban J connectivity index is 2.83. The summed E-state index contributed by atoms with van der Waals surface area (Å²) in [4.78, 5) is 9.70. The van der Waals surface area contributed by atoms with E-state index in [-0.39, 0.29) is 9.04 Å². The van der Waals surface area contributed by atoms with E-state index >= 15 is 0 Å². The lowest BCUT2D eigenvalue weighted by atomic mass is 11.6. The Bertz CT molecular complexity index is 53.5. The topological polar surface area (TPSA) is 37.3 Å². The molecule has 0 heterocycles. The Labute approximate surface area is 41.0 Å². The van der Waals surface area contributed by atoms with E-state index < -0.39 is 14.6 Å². The molecular weight excluding hydrogens is 112 g/mol. The standard InChI is InChI=1S/C2H8O2Si2/c1-5-6-2(3)4/h5-6H2,1H3,(H,3,4). The molecule has 0 aromatic carbocycles. The summed E-state index contributed by atoms with van der Waals surface area (Å²) in [6.45, 7) is 2.04. The maximum Gasteiger partial charge on any atom is 0.258 e. The molecule has 0 rings (SSSR count). The molecule has 0 aliphatic heterocycles. The first kappa shape index (κ1) is 5.90. The highest BCUT2D eigenvalue weighted by atomic mass is 29.1. The van der Waals surface area contributed by atoms with Crippen molar-refractivity contribution < 1.29 is 9.90 Å². The van der Waals surface area contributed by atoms with Crippen LogP contribution in [0.3, 0.4) is 0 Å². The van der Waals surface area contributed by atoms with Gasteiger partial charge in [0, 0.05) is 9.04 Å². The lowest BCUT2D eigenvalue weighted by Crippen LogP contribution is -2.09. The van der Waals surface area contributed by atoms with Gasteiger partial charge < -0.3 is 5.11 Å². The molecule has 0 amide bonds. The third kappa shape index (κ3) is 3.90. The van der Waals surface area contributed by atoms with Crippen molar-refractivity contribution in [2.45, 2.75) is 6.55 Å². The molecule has 0 aromatic heterocycles. The largest absolute Gasteiger partial charge is 0.486 e. The summed E-state index contributed by atoms with van der Waals surface area (Å²) in [5.41, 5.74) is -0.510. The van der Waals surface area contributed by atoms with Gasteiger partial charge in [0.15, 0.2) is 0 Å². The van der Waals surface area contributed by atoms with E-state index in [1.807, 2.05) is 6.55 Å². The van der Waals surface area contributed by atoms with Crippen molar-refractivity contribution in [3.8, 4) is 0 Å². The molecule has 36 valence electrons. The van der Waals surface area contributed by atoms with Crippen LogP contribution in [-0.2, 0) is 0 Å². The zero-order valence-electron chi connectivity index (χ0n) is 3.77. The fourth-order valence-electron chi connectivity index (χ4n) is 0.214. The van der Waals surface area contributed by atoms with Gasteiger partial charge in [0.25, 0.3) is 5.59 Å². The number of rotatable bonds is 2. The van der Waals surface area contributed by atoms with E-state index in [0.29, 0.717) is 0 Å². The predicted molar refractivity (Wildman–Crippen MR) is 31.0 cm³/mol. The normalized spacial score (nSPS) is 12.2. The monoisotopic (exact) mass is 120 g/mol. The van der Waals surface area contributed by atoms with E-state index in [9.17, 15) is 4.79 Å². The summed E-state index contributed by atoms with van der Waals surface area (Å²) >= 11 is 0. The second-order valence-electron chi connectivity index (χ2n) is 1.14. The molecule has 6 heavy (non-hydrogen) atoms. The van der Waals surface area contributed by atoms with Crippen LogP contribution >= 0.6 is 0 Å². The van der Waals surface area contributed by atoms with Crippen LogP contribution in [0.25, 0.3) is 0 Å². The van der Waals surface area contributed by atoms with E-state index in [2.05, 4.69) is 0 Å². The average molecular weight is 120 g/mol. The van der Waals surface area contributed by atoms with Crippen LogP contribution in [0.1, 0.15) is 0 Å². The SMILES string of the molecule is C[SiH2][SiH2]C(=O)O. The first-order valence-electron chi connectivity index (χ1n) is 1.99. The molecule has 0 saturated carbocycles. The minimum Gasteiger partial charge on any atom is -0.486 e. The van der Waals surface area contributed by atoms with Crippen LogP contribution in [0.15, 0.2) is 0 Å². The molecule has 0 unspecified atom stereocenters. The van der Waals surface area contributed by atoms with Gasteiger partial charge in [-0.1, -0.05) is 6.55 Å². The maximum absolute atomic E-state index is 9.70. The third-order valence-corrected chi connectivity index (χ3v) is 4.17. The summed E-state index contributed by atoms with van der Waals surface area (Å²) in [7, 11) is -0.682. The molecule has 0 fully saturated rings. The number of carboxylic acid groups (broad SMARTS) is 1. The minimum absolute atomic E-state index is 0.0941. The van der Waals surface area contributed by atoms with Gasteiger partial charge in [0.2, 0.25) is 0 Å². The van der Waals surface area contributed by atoms with Gasteiger partial charge in [0.1, 0.15) is 9.04 Å². The van der Waals surface area contributed by atoms with Gasteiger partial charge in [-0.05, 0) is 0 Å².